The topological polar surface area (TPSA) is 64.4 Å². The summed E-state index contributed by atoms with van der Waals surface area (Å²) in [5.41, 5.74) is -0.691. The molecule has 0 heterocycles. The molecule has 0 unspecified atom stereocenters. The van der Waals surface area contributed by atoms with Crippen LogP contribution in [0.3, 0.4) is 0 Å². The summed E-state index contributed by atoms with van der Waals surface area (Å²) in [6, 6.07) is 2.08. The largest absolute Gasteiger partial charge is 0.342 e. The molecule has 0 aliphatic heterocycles. The van der Waals surface area contributed by atoms with Crippen molar-refractivity contribution in [3.63, 3.8) is 0 Å². The molecule has 0 fully saturated rings. The predicted octanol–water partition coefficient (Wildman–Crippen LogP) is 1.25. The van der Waals surface area contributed by atoms with Crippen LogP contribution in [0.1, 0.15) is 34.1 Å². The van der Waals surface area contributed by atoms with Gasteiger partial charge in [0.1, 0.15) is 0 Å². The van der Waals surface area contributed by atoms with Crippen LogP contribution in [0.4, 0.5) is 0 Å². The first-order valence-electron chi connectivity index (χ1n) is 6.20. The molecule has 0 N–H and O–H groups in total. The highest BCUT2D eigenvalue weighted by molar-refractivity contribution is 5.85. The molecule has 0 aromatic heterocycles. The van der Waals surface area contributed by atoms with E-state index >= 15 is 0 Å². The molecular weight excluding hydrogens is 230 g/mol. The summed E-state index contributed by atoms with van der Waals surface area (Å²) in [7, 11) is 1.59. The van der Waals surface area contributed by atoms with Gasteiger partial charge in [-0.05, 0) is 27.7 Å². The highest BCUT2D eigenvalue weighted by Crippen LogP contribution is 2.19. The van der Waals surface area contributed by atoms with Crippen LogP contribution in [-0.2, 0) is 9.59 Å². The summed E-state index contributed by atoms with van der Waals surface area (Å²) in [5, 5.41) is 8.88. The van der Waals surface area contributed by atoms with Gasteiger partial charge in [0.25, 0.3) is 0 Å². The van der Waals surface area contributed by atoms with Crippen molar-refractivity contribution in [2.45, 2.75) is 34.1 Å². The Morgan fingerprint density at radius 1 is 1.17 bits per heavy atom. The van der Waals surface area contributed by atoms with Crippen molar-refractivity contribution >= 4 is 11.8 Å². The molecule has 0 saturated heterocycles. The summed E-state index contributed by atoms with van der Waals surface area (Å²) in [6.45, 7) is 8.59. The monoisotopic (exact) mass is 253 g/mol. The number of hydrogen-bond acceptors (Lipinski definition) is 3. The first-order valence-corrected chi connectivity index (χ1v) is 6.20. The molecule has 102 valence electrons. The van der Waals surface area contributed by atoms with Gasteiger partial charge in [0, 0.05) is 26.6 Å². The van der Waals surface area contributed by atoms with E-state index in [9.17, 15) is 9.59 Å². The third kappa shape index (κ3) is 5.17. The molecule has 0 aromatic carbocycles. The molecule has 0 saturated carbocycles. The van der Waals surface area contributed by atoms with Gasteiger partial charge >= 0.3 is 0 Å². The Morgan fingerprint density at radius 3 is 2.06 bits per heavy atom. The SMILES string of the molecule is CCN(CC)C(=O)CN(C)C(=O)CC(C)(C)C#N. The van der Waals surface area contributed by atoms with Gasteiger partial charge in [0.2, 0.25) is 11.8 Å². The van der Waals surface area contributed by atoms with Gasteiger partial charge in [0.05, 0.1) is 18.0 Å². The van der Waals surface area contributed by atoms with Gasteiger partial charge in [-0.2, -0.15) is 5.26 Å². The van der Waals surface area contributed by atoms with Crippen molar-refractivity contribution < 1.29 is 9.59 Å². The zero-order valence-corrected chi connectivity index (χ0v) is 12.0. The fraction of sp³-hybridized carbons (Fsp3) is 0.769. The van der Waals surface area contributed by atoms with Crippen molar-refractivity contribution in [1.29, 1.82) is 5.26 Å². The molecule has 2 amide bonds. The Hall–Kier alpha value is -1.57. The fourth-order valence-electron chi connectivity index (χ4n) is 1.52. The lowest BCUT2D eigenvalue weighted by Crippen LogP contribution is -2.41. The van der Waals surface area contributed by atoms with E-state index in [1.54, 1.807) is 25.8 Å². The van der Waals surface area contributed by atoms with Crippen LogP contribution in [-0.4, -0.2) is 48.3 Å². The molecule has 0 bridgehead atoms. The molecular formula is C13H23N3O2. The molecule has 0 atom stereocenters. The summed E-state index contributed by atoms with van der Waals surface area (Å²) in [4.78, 5) is 26.7. The number of rotatable bonds is 6. The van der Waals surface area contributed by atoms with Gasteiger partial charge in [-0.3, -0.25) is 9.59 Å². The Labute approximate surface area is 109 Å². The lowest BCUT2D eigenvalue weighted by Gasteiger charge is -2.25. The maximum absolute atomic E-state index is 11.9. The van der Waals surface area contributed by atoms with Crippen LogP contribution in [0, 0.1) is 16.7 Å². The number of hydrogen-bond donors (Lipinski definition) is 0. The smallest absolute Gasteiger partial charge is 0.242 e. The van der Waals surface area contributed by atoms with E-state index in [4.69, 9.17) is 5.26 Å². The summed E-state index contributed by atoms with van der Waals surface area (Å²) in [6.07, 6.45) is 0.130. The minimum Gasteiger partial charge on any atom is -0.342 e. The zero-order valence-electron chi connectivity index (χ0n) is 12.0. The van der Waals surface area contributed by atoms with Crippen LogP contribution in [0.25, 0.3) is 0 Å². The first kappa shape index (κ1) is 16.4. The highest BCUT2D eigenvalue weighted by atomic mass is 16.2. The van der Waals surface area contributed by atoms with Gasteiger partial charge < -0.3 is 9.80 Å². The highest BCUT2D eigenvalue weighted by Gasteiger charge is 2.25. The molecule has 18 heavy (non-hydrogen) atoms. The fourth-order valence-corrected chi connectivity index (χ4v) is 1.52. The average Bonchev–Trinajstić information content (AvgIpc) is 2.30. The Kier molecular flexibility index (Phi) is 6.39. The second-order valence-corrected chi connectivity index (χ2v) is 4.99. The van der Waals surface area contributed by atoms with Crippen LogP contribution >= 0.6 is 0 Å². The summed E-state index contributed by atoms with van der Waals surface area (Å²) in [5.74, 6) is -0.243. The summed E-state index contributed by atoms with van der Waals surface area (Å²) >= 11 is 0. The van der Waals surface area contributed by atoms with E-state index < -0.39 is 5.41 Å². The summed E-state index contributed by atoms with van der Waals surface area (Å²) < 4.78 is 0. The molecule has 0 rings (SSSR count). The number of nitriles is 1. The van der Waals surface area contributed by atoms with E-state index in [-0.39, 0.29) is 24.8 Å². The van der Waals surface area contributed by atoms with Crippen molar-refractivity contribution in [3.8, 4) is 6.07 Å². The van der Waals surface area contributed by atoms with Gasteiger partial charge in [-0.25, -0.2) is 0 Å². The van der Waals surface area contributed by atoms with Crippen LogP contribution in [0.2, 0.25) is 0 Å². The molecule has 0 radical (unpaired) electrons. The van der Waals surface area contributed by atoms with Crippen molar-refractivity contribution in [1.82, 2.24) is 9.80 Å². The Morgan fingerprint density at radius 2 is 1.67 bits per heavy atom. The maximum atomic E-state index is 11.9. The van der Waals surface area contributed by atoms with Crippen LogP contribution < -0.4 is 0 Å². The third-order valence-electron chi connectivity index (χ3n) is 2.81. The Balaban J connectivity index is 4.42. The lowest BCUT2D eigenvalue weighted by molar-refractivity contribution is -0.139. The number of amides is 2. The number of carbonyl (C=O) groups excluding carboxylic acids is 2. The Bertz CT molecular complexity index is 341. The van der Waals surface area contributed by atoms with Gasteiger partial charge in [-0.15, -0.1) is 0 Å². The molecule has 5 heteroatoms. The minimum atomic E-state index is -0.691. The molecule has 0 aliphatic carbocycles. The van der Waals surface area contributed by atoms with E-state index in [2.05, 4.69) is 6.07 Å². The third-order valence-corrected chi connectivity index (χ3v) is 2.81. The number of nitrogens with zero attached hydrogens (tertiary/aromatic N) is 3. The van der Waals surface area contributed by atoms with Crippen molar-refractivity contribution in [2.75, 3.05) is 26.7 Å². The first-order chi connectivity index (χ1) is 8.27. The standard InChI is InChI=1S/C13H23N3O2/c1-6-16(7-2)12(18)9-15(5)11(17)8-13(3,4)10-14/h6-9H2,1-5H3. The maximum Gasteiger partial charge on any atom is 0.242 e. The van der Waals surface area contributed by atoms with E-state index in [0.29, 0.717) is 13.1 Å². The van der Waals surface area contributed by atoms with Crippen LogP contribution in [0.15, 0.2) is 0 Å². The number of carbonyl (C=O) groups is 2. The lowest BCUT2D eigenvalue weighted by atomic mass is 9.91. The molecule has 0 spiro atoms. The van der Waals surface area contributed by atoms with E-state index in [0.717, 1.165) is 0 Å². The minimum absolute atomic E-state index is 0.0642. The second kappa shape index (κ2) is 7.00. The zero-order chi connectivity index (χ0) is 14.3. The molecule has 5 nitrogen and oxygen atoms in total. The van der Waals surface area contributed by atoms with E-state index in [1.807, 2.05) is 13.8 Å². The van der Waals surface area contributed by atoms with Gasteiger partial charge in [-0.1, -0.05) is 0 Å². The van der Waals surface area contributed by atoms with Crippen LogP contribution in [0.5, 0.6) is 0 Å². The normalized spacial score (nSPS) is 10.7. The second-order valence-electron chi connectivity index (χ2n) is 4.99. The van der Waals surface area contributed by atoms with Crippen molar-refractivity contribution in [2.24, 2.45) is 5.41 Å². The molecule has 0 aromatic rings. The average molecular weight is 253 g/mol. The quantitative estimate of drug-likeness (QED) is 0.715. The molecule has 0 aliphatic rings. The van der Waals surface area contributed by atoms with Gasteiger partial charge in [0.15, 0.2) is 0 Å². The van der Waals surface area contributed by atoms with Crippen molar-refractivity contribution in [3.05, 3.63) is 0 Å². The number of likely N-dealkylation sites (N-methyl/N-ethyl adjacent to an activating group) is 2. The predicted molar refractivity (Wildman–Crippen MR) is 69.6 cm³/mol. The van der Waals surface area contributed by atoms with E-state index in [1.165, 1.54) is 4.90 Å².